The van der Waals surface area contributed by atoms with Crippen molar-refractivity contribution in [3.63, 3.8) is 0 Å². The van der Waals surface area contributed by atoms with Crippen LogP contribution < -0.4 is 0 Å². The highest BCUT2D eigenvalue weighted by Crippen LogP contribution is 2.19. The van der Waals surface area contributed by atoms with Gasteiger partial charge < -0.3 is 9.30 Å². The summed E-state index contributed by atoms with van der Waals surface area (Å²) < 4.78 is 7.73. The standard InChI is InChI=1S/C17H30N4O/c1-16-18-6-10-20(16)8-4-9-21-7-3-2-5-17(21)15-19-11-13-22-14-12-19/h6,10,17H,2-5,7-9,11-15H2,1H3/t17-/m0/s1. The number of rotatable bonds is 6. The maximum Gasteiger partial charge on any atom is 0.105 e. The van der Waals surface area contributed by atoms with Crippen LogP contribution in [0.1, 0.15) is 31.5 Å². The molecule has 1 atom stereocenters. The van der Waals surface area contributed by atoms with Gasteiger partial charge in [0.1, 0.15) is 5.82 Å². The minimum Gasteiger partial charge on any atom is -0.379 e. The van der Waals surface area contributed by atoms with Crippen LogP contribution in [0.15, 0.2) is 12.4 Å². The predicted octanol–water partition coefficient (Wildman–Crippen LogP) is 1.77. The van der Waals surface area contributed by atoms with E-state index in [2.05, 4.69) is 32.5 Å². The molecule has 0 unspecified atom stereocenters. The van der Waals surface area contributed by atoms with Gasteiger partial charge in [0.05, 0.1) is 13.2 Å². The number of imidazole rings is 1. The lowest BCUT2D eigenvalue weighted by Crippen LogP contribution is -2.49. The quantitative estimate of drug-likeness (QED) is 0.802. The minimum atomic E-state index is 0.746. The number of likely N-dealkylation sites (tertiary alicyclic amines) is 1. The number of ether oxygens (including phenoxy) is 1. The molecule has 2 saturated heterocycles. The molecule has 0 spiro atoms. The Hall–Kier alpha value is -0.910. The number of aromatic nitrogens is 2. The van der Waals surface area contributed by atoms with Crippen molar-refractivity contribution in [3.05, 3.63) is 18.2 Å². The molecule has 5 nitrogen and oxygen atoms in total. The molecule has 2 aliphatic rings. The molecule has 1 aromatic rings. The number of nitrogens with zero attached hydrogens (tertiary/aromatic N) is 4. The number of hydrogen-bond donors (Lipinski definition) is 0. The second kappa shape index (κ2) is 8.09. The monoisotopic (exact) mass is 306 g/mol. The Morgan fingerprint density at radius 2 is 2.05 bits per heavy atom. The van der Waals surface area contributed by atoms with Gasteiger partial charge in [0.25, 0.3) is 0 Å². The van der Waals surface area contributed by atoms with E-state index >= 15 is 0 Å². The average Bonchev–Trinajstić information content (AvgIpc) is 2.95. The van der Waals surface area contributed by atoms with Crippen molar-refractivity contribution in [1.82, 2.24) is 19.4 Å². The van der Waals surface area contributed by atoms with Crippen LogP contribution in [0, 0.1) is 6.92 Å². The fourth-order valence-corrected chi connectivity index (χ4v) is 3.73. The van der Waals surface area contributed by atoms with Crippen LogP contribution in [0.2, 0.25) is 0 Å². The van der Waals surface area contributed by atoms with Crippen molar-refractivity contribution >= 4 is 0 Å². The third kappa shape index (κ3) is 4.31. The maximum absolute atomic E-state index is 5.47. The van der Waals surface area contributed by atoms with E-state index in [1.165, 1.54) is 45.3 Å². The van der Waals surface area contributed by atoms with Crippen molar-refractivity contribution in [3.8, 4) is 0 Å². The first kappa shape index (κ1) is 16.0. The van der Waals surface area contributed by atoms with Crippen LogP contribution in [-0.2, 0) is 11.3 Å². The molecule has 0 bridgehead atoms. The molecule has 2 fully saturated rings. The van der Waals surface area contributed by atoms with Gasteiger partial charge in [-0.3, -0.25) is 9.80 Å². The largest absolute Gasteiger partial charge is 0.379 e. The minimum absolute atomic E-state index is 0.746. The molecule has 0 radical (unpaired) electrons. The first-order valence-electron chi connectivity index (χ1n) is 8.85. The Bertz CT molecular complexity index is 442. The second-order valence-electron chi connectivity index (χ2n) is 6.62. The van der Waals surface area contributed by atoms with Crippen LogP contribution in [0.5, 0.6) is 0 Å². The molecule has 2 aliphatic heterocycles. The fourth-order valence-electron chi connectivity index (χ4n) is 3.73. The summed E-state index contributed by atoms with van der Waals surface area (Å²) in [5.74, 6) is 1.13. The molecular weight excluding hydrogens is 276 g/mol. The van der Waals surface area contributed by atoms with Gasteiger partial charge in [-0.2, -0.15) is 0 Å². The number of hydrogen-bond acceptors (Lipinski definition) is 4. The van der Waals surface area contributed by atoms with Gasteiger partial charge in [0, 0.05) is 51.2 Å². The highest BCUT2D eigenvalue weighted by molar-refractivity contribution is 4.88. The Labute approximate surface area is 134 Å². The number of morpholine rings is 1. The Balaban J connectivity index is 1.46. The molecule has 0 aromatic carbocycles. The summed E-state index contributed by atoms with van der Waals surface area (Å²) in [4.78, 5) is 9.62. The van der Waals surface area contributed by atoms with Crippen LogP contribution in [0.25, 0.3) is 0 Å². The summed E-state index contributed by atoms with van der Waals surface area (Å²) in [5, 5.41) is 0. The fraction of sp³-hybridized carbons (Fsp3) is 0.824. The highest BCUT2D eigenvalue weighted by atomic mass is 16.5. The van der Waals surface area contributed by atoms with E-state index in [-0.39, 0.29) is 0 Å². The van der Waals surface area contributed by atoms with Gasteiger partial charge in [-0.15, -0.1) is 0 Å². The normalized spacial score (nSPS) is 24.7. The van der Waals surface area contributed by atoms with E-state index in [1.54, 1.807) is 0 Å². The summed E-state index contributed by atoms with van der Waals surface area (Å²) >= 11 is 0. The zero-order valence-electron chi connectivity index (χ0n) is 13.9. The lowest BCUT2D eigenvalue weighted by atomic mass is 10.0. The highest BCUT2D eigenvalue weighted by Gasteiger charge is 2.24. The van der Waals surface area contributed by atoms with E-state index in [0.29, 0.717) is 0 Å². The maximum atomic E-state index is 5.47. The zero-order chi connectivity index (χ0) is 15.2. The van der Waals surface area contributed by atoms with E-state index in [0.717, 1.165) is 44.7 Å². The lowest BCUT2D eigenvalue weighted by molar-refractivity contribution is 0.0164. The molecule has 0 aliphatic carbocycles. The van der Waals surface area contributed by atoms with Crippen molar-refractivity contribution < 1.29 is 4.74 Å². The molecule has 5 heteroatoms. The summed E-state index contributed by atoms with van der Waals surface area (Å²) in [6, 6.07) is 0.746. The van der Waals surface area contributed by atoms with Gasteiger partial charge in [-0.05, 0) is 32.7 Å². The molecule has 0 saturated carbocycles. The molecule has 1 aromatic heterocycles. The number of piperidine rings is 1. The van der Waals surface area contributed by atoms with Crippen LogP contribution >= 0.6 is 0 Å². The first-order chi connectivity index (χ1) is 10.8. The van der Waals surface area contributed by atoms with E-state index in [9.17, 15) is 0 Å². The summed E-state index contributed by atoms with van der Waals surface area (Å²) in [7, 11) is 0. The van der Waals surface area contributed by atoms with Crippen molar-refractivity contribution in [2.24, 2.45) is 0 Å². The van der Waals surface area contributed by atoms with Crippen LogP contribution in [0.4, 0.5) is 0 Å². The average molecular weight is 306 g/mol. The molecule has 124 valence electrons. The third-order valence-corrected chi connectivity index (χ3v) is 5.09. The molecule has 0 N–H and O–H groups in total. The third-order valence-electron chi connectivity index (χ3n) is 5.09. The summed E-state index contributed by atoms with van der Waals surface area (Å²) in [6.45, 7) is 10.9. The van der Waals surface area contributed by atoms with Gasteiger partial charge in [0.15, 0.2) is 0 Å². The molecule has 3 rings (SSSR count). The molecule has 0 amide bonds. The lowest BCUT2D eigenvalue weighted by Gasteiger charge is -2.39. The van der Waals surface area contributed by atoms with Crippen molar-refractivity contribution in [2.75, 3.05) is 45.9 Å². The van der Waals surface area contributed by atoms with E-state index < -0.39 is 0 Å². The Morgan fingerprint density at radius 3 is 2.82 bits per heavy atom. The molecule has 22 heavy (non-hydrogen) atoms. The molecule has 3 heterocycles. The van der Waals surface area contributed by atoms with Gasteiger partial charge in [-0.25, -0.2) is 4.98 Å². The Morgan fingerprint density at radius 1 is 1.18 bits per heavy atom. The Kier molecular flexibility index (Phi) is 5.87. The molecular formula is C17H30N4O. The van der Waals surface area contributed by atoms with Crippen LogP contribution in [-0.4, -0.2) is 71.3 Å². The summed E-state index contributed by atoms with van der Waals surface area (Å²) in [5.41, 5.74) is 0. The van der Waals surface area contributed by atoms with Gasteiger partial charge in [0.2, 0.25) is 0 Å². The van der Waals surface area contributed by atoms with E-state index in [1.807, 2.05) is 6.20 Å². The van der Waals surface area contributed by atoms with Crippen LogP contribution in [0.3, 0.4) is 0 Å². The number of aryl methyl sites for hydroxylation is 2. The summed E-state index contributed by atoms with van der Waals surface area (Å²) in [6.07, 6.45) is 9.34. The predicted molar refractivity (Wildman–Crippen MR) is 88.1 cm³/mol. The topological polar surface area (TPSA) is 33.5 Å². The zero-order valence-corrected chi connectivity index (χ0v) is 13.9. The SMILES string of the molecule is Cc1nccn1CCCN1CCCC[C@H]1CN1CCOCC1. The first-order valence-corrected chi connectivity index (χ1v) is 8.85. The van der Waals surface area contributed by atoms with Gasteiger partial charge in [-0.1, -0.05) is 6.42 Å². The van der Waals surface area contributed by atoms with Gasteiger partial charge >= 0.3 is 0 Å². The smallest absolute Gasteiger partial charge is 0.105 e. The second-order valence-corrected chi connectivity index (χ2v) is 6.62. The van der Waals surface area contributed by atoms with E-state index in [4.69, 9.17) is 4.74 Å². The van der Waals surface area contributed by atoms with Crippen molar-refractivity contribution in [2.45, 2.75) is 45.2 Å². The van der Waals surface area contributed by atoms with Crippen molar-refractivity contribution in [1.29, 1.82) is 0 Å².